The molecular formula is C19H17FO. The zero-order valence-corrected chi connectivity index (χ0v) is 12.1. The highest BCUT2D eigenvalue weighted by molar-refractivity contribution is 6.02. The number of benzene rings is 2. The maximum Gasteiger partial charge on any atom is 0.131 e. The van der Waals surface area contributed by atoms with Crippen LogP contribution in [0.5, 0.6) is 0 Å². The first-order valence-electron chi connectivity index (χ1n) is 7.46. The van der Waals surface area contributed by atoms with Crippen LogP contribution >= 0.6 is 0 Å². The first kappa shape index (κ1) is 12.8. The molecule has 1 saturated heterocycles. The molecule has 0 amide bonds. The van der Waals surface area contributed by atoms with Gasteiger partial charge in [-0.1, -0.05) is 41.5 Å². The summed E-state index contributed by atoms with van der Waals surface area (Å²) in [6.45, 7) is 3.63. The van der Waals surface area contributed by atoms with Gasteiger partial charge in [-0.2, -0.15) is 0 Å². The van der Waals surface area contributed by atoms with Crippen LogP contribution in [0.3, 0.4) is 0 Å². The molecular weight excluding hydrogens is 263 g/mol. The van der Waals surface area contributed by atoms with E-state index < -0.39 is 0 Å². The zero-order chi connectivity index (χ0) is 14.4. The molecule has 0 unspecified atom stereocenters. The van der Waals surface area contributed by atoms with Crippen molar-refractivity contribution in [2.24, 2.45) is 0 Å². The summed E-state index contributed by atoms with van der Waals surface area (Å²) >= 11 is 0. The van der Waals surface area contributed by atoms with Crippen LogP contribution in [-0.4, -0.2) is 13.2 Å². The van der Waals surface area contributed by atoms with Crippen molar-refractivity contribution in [2.75, 3.05) is 13.2 Å². The number of ether oxygens (including phenoxy) is 1. The van der Waals surface area contributed by atoms with Gasteiger partial charge in [0.1, 0.15) is 5.82 Å². The summed E-state index contributed by atoms with van der Waals surface area (Å²) in [6.07, 6.45) is 1.89. The fraction of sp³-hybridized carbons (Fsp3) is 0.263. The standard InChI is InChI=1S/C19H17FO/c1-12-5-6-14-16(11-12)18(13-7-9-21-10-8-13)15-3-2-4-17(20)19(14)15/h2-6,11H,7-10H2,1H3. The van der Waals surface area contributed by atoms with Gasteiger partial charge < -0.3 is 4.74 Å². The summed E-state index contributed by atoms with van der Waals surface area (Å²) in [5, 5.41) is 0. The minimum absolute atomic E-state index is 0.125. The van der Waals surface area contributed by atoms with Crippen LogP contribution in [0.15, 0.2) is 42.0 Å². The number of aryl methyl sites for hydroxylation is 1. The van der Waals surface area contributed by atoms with Gasteiger partial charge in [-0.15, -0.1) is 0 Å². The number of fused-ring (bicyclic) bond motifs is 3. The van der Waals surface area contributed by atoms with Gasteiger partial charge in [-0.05, 0) is 48.1 Å². The largest absolute Gasteiger partial charge is 0.381 e. The topological polar surface area (TPSA) is 9.23 Å². The lowest BCUT2D eigenvalue weighted by atomic mass is 9.93. The van der Waals surface area contributed by atoms with Crippen LogP contribution in [0.1, 0.15) is 29.5 Å². The van der Waals surface area contributed by atoms with Gasteiger partial charge in [0.2, 0.25) is 0 Å². The van der Waals surface area contributed by atoms with Crippen LogP contribution in [0.2, 0.25) is 0 Å². The Morgan fingerprint density at radius 3 is 2.57 bits per heavy atom. The third kappa shape index (κ3) is 1.94. The minimum Gasteiger partial charge on any atom is -0.381 e. The van der Waals surface area contributed by atoms with Crippen LogP contribution < -0.4 is 0 Å². The molecule has 1 aliphatic heterocycles. The molecule has 0 N–H and O–H groups in total. The summed E-state index contributed by atoms with van der Waals surface area (Å²) in [5.74, 6) is -0.125. The summed E-state index contributed by atoms with van der Waals surface area (Å²) in [5.41, 5.74) is 7.89. The summed E-state index contributed by atoms with van der Waals surface area (Å²) in [4.78, 5) is 0. The number of halogens is 1. The monoisotopic (exact) mass is 280 g/mol. The Morgan fingerprint density at radius 1 is 0.952 bits per heavy atom. The molecule has 2 aromatic carbocycles. The Labute approximate surface area is 124 Å². The summed E-state index contributed by atoms with van der Waals surface area (Å²) in [7, 11) is 0. The average molecular weight is 280 g/mol. The molecule has 1 heterocycles. The Kier molecular flexibility index (Phi) is 2.93. The second-order valence-electron chi connectivity index (χ2n) is 5.80. The molecule has 1 fully saturated rings. The van der Waals surface area contributed by atoms with E-state index in [9.17, 15) is 4.39 Å². The third-order valence-corrected chi connectivity index (χ3v) is 4.45. The normalized spacial score (nSPS) is 16.9. The lowest BCUT2D eigenvalue weighted by molar-refractivity contribution is 0.119. The molecule has 0 aromatic heterocycles. The molecule has 2 aromatic rings. The van der Waals surface area contributed by atoms with E-state index in [4.69, 9.17) is 4.74 Å². The predicted octanol–water partition coefficient (Wildman–Crippen LogP) is 4.73. The quantitative estimate of drug-likeness (QED) is 0.578. The lowest BCUT2D eigenvalue weighted by Gasteiger charge is -2.19. The van der Waals surface area contributed by atoms with Crippen LogP contribution in [0, 0.1) is 12.7 Å². The molecule has 0 saturated carbocycles. The van der Waals surface area contributed by atoms with E-state index in [1.54, 1.807) is 6.07 Å². The Morgan fingerprint density at radius 2 is 1.76 bits per heavy atom. The fourth-order valence-electron chi connectivity index (χ4n) is 3.48. The lowest BCUT2D eigenvalue weighted by Crippen LogP contribution is -2.09. The van der Waals surface area contributed by atoms with Crippen molar-refractivity contribution in [3.8, 4) is 11.1 Å². The first-order valence-corrected chi connectivity index (χ1v) is 7.46. The van der Waals surface area contributed by atoms with E-state index in [0.717, 1.165) is 42.7 Å². The van der Waals surface area contributed by atoms with Crippen molar-refractivity contribution < 1.29 is 9.13 Å². The maximum absolute atomic E-state index is 14.4. The molecule has 0 atom stereocenters. The van der Waals surface area contributed by atoms with E-state index in [1.807, 2.05) is 12.1 Å². The Hall–Kier alpha value is -1.93. The van der Waals surface area contributed by atoms with Crippen molar-refractivity contribution in [1.82, 2.24) is 0 Å². The zero-order valence-electron chi connectivity index (χ0n) is 12.1. The Bertz CT molecular complexity index is 750. The van der Waals surface area contributed by atoms with E-state index in [2.05, 4.69) is 25.1 Å². The van der Waals surface area contributed by atoms with Crippen LogP contribution in [0.25, 0.3) is 16.7 Å². The second kappa shape index (κ2) is 4.81. The molecule has 0 spiro atoms. The summed E-state index contributed by atoms with van der Waals surface area (Å²) < 4.78 is 19.8. The SMILES string of the molecule is Cc1ccc2c(c1)C(=C1CCOCC1)c1cccc(F)c1-2. The number of rotatable bonds is 0. The van der Waals surface area contributed by atoms with Gasteiger partial charge in [0, 0.05) is 5.56 Å². The van der Waals surface area contributed by atoms with E-state index in [1.165, 1.54) is 22.3 Å². The molecule has 1 aliphatic carbocycles. The molecule has 2 aliphatic rings. The van der Waals surface area contributed by atoms with Gasteiger partial charge in [-0.3, -0.25) is 0 Å². The molecule has 0 bridgehead atoms. The van der Waals surface area contributed by atoms with Crippen molar-refractivity contribution in [1.29, 1.82) is 0 Å². The van der Waals surface area contributed by atoms with Crippen molar-refractivity contribution in [3.63, 3.8) is 0 Å². The van der Waals surface area contributed by atoms with E-state index in [0.29, 0.717) is 0 Å². The average Bonchev–Trinajstić information content (AvgIpc) is 2.82. The molecule has 4 rings (SSSR count). The van der Waals surface area contributed by atoms with Crippen molar-refractivity contribution in [3.05, 3.63) is 64.5 Å². The highest BCUT2D eigenvalue weighted by Crippen LogP contribution is 2.48. The number of hydrogen-bond acceptors (Lipinski definition) is 1. The predicted molar refractivity (Wildman–Crippen MR) is 82.6 cm³/mol. The molecule has 0 radical (unpaired) electrons. The smallest absolute Gasteiger partial charge is 0.131 e. The second-order valence-corrected chi connectivity index (χ2v) is 5.80. The minimum atomic E-state index is -0.125. The maximum atomic E-state index is 14.4. The molecule has 21 heavy (non-hydrogen) atoms. The highest BCUT2D eigenvalue weighted by Gasteiger charge is 2.28. The third-order valence-electron chi connectivity index (χ3n) is 4.45. The van der Waals surface area contributed by atoms with Gasteiger partial charge in [-0.25, -0.2) is 4.39 Å². The van der Waals surface area contributed by atoms with Gasteiger partial charge in [0.25, 0.3) is 0 Å². The van der Waals surface area contributed by atoms with Crippen LogP contribution in [0.4, 0.5) is 4.39 Å². The molecule has 1 nitrogen and oxygen atoms in total. The number of hydrogen-bond donors (Lipinski definition) is 0. The summed E-state index contributed by atoms with van der Waals surface area (Å²) in [6, 6.07) is 11.7. The van der Waals surface area contributed by atoms with E-state index >= 15 is 0 Å². The van der Waals surface area contributed by atoms with Crippen molar-refractivity contribution >= 4 is 5.57 Å². The van der Waals surface area contributed by atoms with Crippen molar-refractivity contribution in [2.45, 2.75) is 19.8 Å². The Balaban J connectivity index is 2.04. The molecule has 106 valence electrons. The van der Waals surface area contributed by atoms with Crippen LogP contribution in [-0.2, 0) is 4.74 Å². The highest BCUT2D eigenvalue weighted by atomic mass is 19.1. The van der Waals surface area contributed by atoms with Gasteiger partial charge in [0.05, 0.1) is 13.2 Å². The first-order chi connectivity index (χ1) is 10.3. The van der Waals surface area contributed by atoms with Gasteiger partial charge in [0.15, 0.2) is 0 Å². The fourth-order valence-corrected chi connectivity index (χ4v) is 3.48. The van der Waals surface area contributed by atoms with E-state index in [-0.39, 0.29) is 5.82 Å². The van der Waals surface area contributed by atoms with Gasteiger partial charge >= 0.3 is 0 Å². The molecule has 2 heteroatoms.